The fourth-order valence-electron chi connectivity index (χ4n) is 4.95. The molecule has 6 heteroatoms. The Morgan fingerprint density at radius 3 is 2.67 bits per heavy atom. The monoisotopic (exact) mass is 459 g/mol. The van der Waals surface area contributed by atoms with E-state index < -0.39 is 5.92 Å². The minimum absolute atomic E-state index is 0.0939. The van der Waals surface area contributed by atoms with Gasteiger partial charge in [0.05, 0.1) is 21.7 Å². The molecule has 0 spiro atoms. The van der Waals surface area contributed by atoms with E-state index >= 15 is 0 Å². The van der Waals surface area contributed by atoms with Crippen molar-refractivity contribution < 1.29 is 9.59 Å². The van der Waals surface area contributed by atoms with E-state index in [2.05, 4.69) is 19.9 Å². The number of hydrogen-bond acceptors (Lipinski definition) is 5. The Balaban J connectivity index is 1.47. The van der Waals surface area contributed by atoms with Gasteiger partial charge < -0.3 is 4.90 Å². The van der Waals surface area contributed by atoms with E-state index in [-0.39, 0.29) is 28.9 Å². The molecule has 0 radical (unpaired) electrons. The van der Waals surface area contributed by atoms with E-state index in [1.165, 1.54) is 17.3 Å². The molecule has 0 bridgehead atoms. The number of fused-ring (bicyclic) bond motifs is 4. The molecule has 0 saturated heterocycles. The number of nitrogens with zero attached hydrogens (tertiary/aromatic N) is 3. The molecule has 5 nitrogen and oxygen atoms in total. The van der Waals surface area contributed by atoms with E-state index in [1.807, 2.05) is 54.3 Å². The molecule has 0 fully saturated rings. The van der Waals surface area contributed by atoms with Crippen LogP contribution in [-0.2, 0) is 16.0 Å². The van der Waals surface area contributed by atoms with Gasteiger partial charge in [-0.1, -0.05) is 75.4 Å². The Kier molecular flexibility index (Phi) is 5.95. The maximum Gasteiger partial charge on any atom is 0.240 e. The van der Waals surface area contributed by atoms with E-state index in [4.69, 9.17) is 9.98 Å². The van der Waals surface area contributed by atoms with Gasteiger partial charge >= 0.3 is 0 Å². The molecule has 3 heterocycles. The fourth-order valence-corrected chi connectivity index (χ4v) is 6.15. The van der Waals surface area contributed by atoms with Crippen molar-refractivity contribution in [2.75, 3.05) is 11.4 Å². The SMILES string of the molecule is CCC(SC1=Nc2ccccc2C2=NC(C(C)CC)C(=O)C12)C(=O)N1CCc2ccccc21. The smallest absolute Gasteiger partial charge is 0.240 e. The number of aliphatic imine (C=N–C) groups is 2. The molecule has 0 aromatic heterocycles. The van der Waals surface area contributed by atoms with Gasteiger partial charge in [0.2, 0.25) is 5.91 Å². The van der Waals surface area contributed by atoms with Gasteiger partial charge in [-0.3, -0.25) is 14.6 Å². The lowest BCUT2D eigenvalue weighted by atomic mass is 9.88. The number of hydrogen-bond donors (Lipinski definition) is 0. The molecule has 0 N–H and O–H groups in total. The normalized spacial score (nSPS) is 22.8. The standard InChI is InChI=1S/C27H29N3O2S/c1-4-16(3)23-25(31)22-24(29-23)18-11-7-8-12-19(18)28-26(22)33-21(5-2)27(32)30-15-14-17-10-6-9-13-20(17)30/h6-13,16,21-23H,4-5,14-15H2,1-3H3. The Bertz CT molecular complexity index is 1170. The number of ketones is 1. The third-order valence-corrected chi connectivity index (χ3v) is 8.42. The Morgan fingerprint density at radius 2 is 1.88 bits per heavy atom. The largest absolute Gasteiger partial charge is 0.311 e. The second-order valence-electron chi connectivity index (χ2n) is 9.03. The molecule has 0 aliphatic carbocycles. The van der Waals surface area contributed by atoms with Crippen LogP contribution in [0.1, 0.15) is 44.7 Å². The van der Waals surface area contributed by atoms with Crippen LogP contribution in [0.3, 0.4) is 0 Å². The van der Waals surface area contributed by atoms with Gasteiger partial charge in [0.25, 0.3) is 0 Å². The summed E-state index contributed by atoms with van der Waals surface area (Å²) >= 11 is 1.46. The zero-order chi connectivity index (χ0) is 23.1. The van der Waals surface area contributed by atoms with E-state index in [0.717, 1.165) is 40.5 Å². The quantitative estimate of drug-likeness (QED) is 0.615. The lowest BCUT2D eigenvalue weighted by molar-refractivity contribution is -0.121. The predicted octanol–water partition coefficient (Wildman–Crippen LogP) is 5.23. The fraction of sp³-hybridized carbons (Fsp3) is 0.407. The van der Waals surface area contributed by atoms with Crippen LogP contribution in [0.2, 0.25) is 0 Å². The summed E-state index contributed by atoms with van der Waals surface area (Å²) in [5.74, 6) is -0.0688. The second kappa shape index (κ2) is 8.90. The van der Waals surface area contributed by atoms with Crippen molar-refractivity contribution in [3.05, 3.63) is 59.7 Å². The molecule has 170 valence electrons. The van der Waals surface area contributed by atoms with Gasteiger partial charge in [0.1, 0.15) is 12.0 Å². The molecule has 33 heavy (non-hydrogen) atoms. The summed E-state index contributed by atoms with van der Waals surface area (Å²) in [6.45, 7) is 6.92. The van der Waals surface area contributed by atoms with Crippen LogP contribution in [0.15, 0.2) is 58.5 Å². The number of thioether (sulfide) groups is 1. The van der Waals surface area contributed by atoms with Gasteiger partial charge in [-0.05, 0) is 36.5 Å². The van der Waals surface area contributed by atoms with Crippen molar-refractivity contribution in [1.29, 1.82) is 0 Å². The Labute approximate surface area is 199 Å². The number of carbonyl (C=O) groups excluding carboxylic acids is 2. The predicted molar refractivity (Wildman–Crippen MR) is 136 cm³/mol. The van der Waals surface area contributed by atoms with Gasteiger partial charge in [-0.25, -0.2) is 4.99 Å². The first kappa shape index (κ1) is 22.1. The van der Waals surface area contributed by atoms with Crippen LogP contribution in [0.25, 0.3) is 0 Å². The summed E-state index contributed by atoms with van der Waals surface area (Å²) in [6.07, 6.45) is 2.45. The van der Waals surface area contributed by atoms with E-state index in [9.17, 15) is 9.59 Å². The van der Waals surface area contributed by atoms with Crippen LogP contribution in [0.4, 0.5) is 11.4 Å². The van der Waals surface area contributed by atoms with E-state index in [0.29, 0.717) is 13.0 Å². The third-order valence-electron chi connectivity index (χ3n) is 7.03. The Hall–Kier alpha value is -2.73. The highest BCUT2D eigenvalue weighted by atomic mass is 32.2. The number of anilines is 1. The van der Waals surface area contributed by atoms with Crippen molar-refractivity contribution in [2.24, 2.45) is 21.8 Å². The molecule has 0 saturated carbocycles. The van der Waals surface area contributed by atoms with Crippen LogP contribution >= 0.6 is 11.8 Å². The number of benzene rings is 2. The minimum Gasteiger partial charge on any atom is -0.311 e. The summed E-state index contributed by atoms with van der Waals surface area (Å²) in [4.78, 5) is 38.8. The molecule has 4 atom stereocenters. The number of carbonyl (C=O) groups is 2. The van der Waals surface area contributed by atoms with Gasteiger partial charge in [-0.15, -0.1) is 0 Å². The summed E-state index contributed by atoms with van der Waals surface area (Å²) in [5.41, 5.74) is 4.83. The second-order valence-corrected chi connectivity index (χ2v) is 10.3. The van der Waals surface area contributed by atoms with Crippen molar-refractivity contribution in [1.82, 2.24) is 0 Å². The zero-order valence-corrected chi connectivity index (χ0v) is 20.1. The van der Waals surface area contributed by atoms with Crippen LogP contribution in [0, 0.1) is 11.8 Å². The molecule has 3 aliphatic heterocycles. The molecule has 3 aliphatic rings. The maximum absolute atomic E-state index is 13.6. The maximum atomic E-state index is 13.6. The summed E-state index contributed by atoms with van der Waals surface area (Å²) < 4.78 is 0. The first-order valence-corrected chi connectivity index (χ1v) is 12.8. The molecular weight excluding hydrogens is 430 g/mol. The summed E-state index contributed by atoms with van der Waals surface area (Å²) in [7, 11) is 0. The molecule has 5 rings (SSSR count). The lowest BCUT2D eigenvalue weighted by Crippen LogP contribution is -2.39. The third kappa shape index (κ3) is 3.74. The van der Waals surface area contributed by atoms with Crippen molar-refractivity contribution in [2.45, 2.75) is 51.3 Å². The van der Waals surface area contributed by atoms with Crippen molar-refractivity contribution >= 4 is 45.6 Å². The van der Waals surface area contributed by atoms with Gasteiger partial charge in [0.15, 0.2) is 5.78 Å². The molecule has 4 unspecified atom stereocenters. The first-order valence-electron chi connectivity index (χ1n) is 11.9. The highest BCUT2D eigenvalue weighted by Gasteiger charge is 2.46. The van der Waals surface area contributed by atoms with Crippen LogP contribution < -0.4 is 4.90 Å². The van der Waals surface area contributed by atoms with Crippen molar-refractivity contribution in [3.63, 3.8) is 0 Å². The Morgan fingerprint density at radius 1 is 1.12 bits per heavy atom. The number of para-hydroxylation sites is 2. The first-order chi connectivity index (χ1) is 16.0. The highest BCUT2D eigenvalue weighted by molar-refractivity contribution is 8.15. The lowest BCUT2D eigenvalue weighted by Gasteiger charge is -2.27. The number of Topliss-reactive ketones (excluding diaryl/α,β-unsaturated/α-hetero) is 1. The average Bonchev–Trinajstić information content (AvgIpc) is 3.43. The molecule has 2 aromatic rings. The summed E-state index contributed by atoms with van der Waals surface area (Å²) in [5, 5.41) is 0.424. The summed E-state index contributed by atoms with van der Waals surface area (Å²) in [6, 6.07) is 15.7. The van der Waals surface area contributed by atoms with Crippen molar-refractivity contribution in [3.8, 4) is 0 Å². The molecule has 1 amide bonds. The number of amides is 1. The zero-order valence-electron chi connectivity index (χ0n) is 19.3. The number of rotatable bonds is 5. The molecule has 2 aromatic carbocycles. The van der Waals surface area contributed by atoms with Crippen LogP contribution in [-0.4, -0.2) is 40.3 Å². The van der Waals surface area contributed by atoms with Crippen LogP contribution in [0.5, 0.6) is 0 Å². The average molecular weight is 460 g/mol. The highest BCUT2D eigenvalue weighted by Crippen LogP contribution is 2.41. The molecular formula is C27H29N3O2S. The van der Waals surface area contributed by atoms with E-state index in [1.54, 1.807) is 0 Å². The van der Waals surface area contributed by atoms with Gasteiger partial charge in [0, 0.05) is 17.8 Å². The minimum atomic E-state index is -0.461. The topological polar surface area (TPSA) is 62.1 Å². The van der Waals surface area contributed by atoms with Gasteiger partial charge in [-0.2, -0.15) is 0 Å².